The Morgan fingerprint density at radius 1 is 1.35 bits per heavy atom. The number of likely N-dealkylation sites (N-methyl/N-ethyl adjacent to an activating group) is 1. The number of nitrogens with one attached hydrogen (secondary N) is 2. The molecule has 0 radical (unpaired) electrons. The molecule has 1 spiro atoms. The second-order valence-corrected chi connectivity index (χ2v) is 9.49. The number of ether oxygens (including phenoxy) is 3. The second-order valence-electron chi connectivity index (χ2n) is 9.08. The molecule has 10 heteroatoms. The Labute approximate surface area is 201 Å². The molecule has 9 nitrogen and oxygen atoms in total. The van der Waals surface area contributed by atoms with E-state index in [1.54, 1.807) is 12.4 Å². The number of halogens is 1. The Kier molecular flexibility index (Phi) is 6.09. The van der Waals surface area contributed by atoms with Gasteiger partial charge in [0.1, 0.15) is 17.9 Å². The first-order valence-corrected chi connectivity index (χ1v) is 11.7. The Balaban J connectivity index is 1.56. The SMILES string of the molecule is CN(C)CCOc1c(Cl)cc2c([nH]c3cnccc32)c1NC(=O)C1CC(=O)OC12CCOCC2. The molecule has 0 saturated carbocycles. The van der Waals surface area contributed by atoms with Crippen molar-refractivity contribution in [3.63, 3.8) is 0 Å². The van der Waals surface area contributed by atoms with E-state index in [0.29, 0.717) is 61.2 Å². The molecular weight excluding hydrogens is 460 g/mol. The molecule has 1 atom stereocenters. The average molecular weight is 487 g/mol. The van der Waals surface area contributed by atoms with Gasteiger partial charge in [-0.15, -0.1) is 0 Å². The molecule has 4 heterocycles. The zero-order valence-corrected chi connectivity index (χ0v) is 19.9. The first kappa shape index (κ1) is 22.9. The molecule has 1 aromatic carbocycles. The van der Waals surface area contributed by atoms with E-state index in [2.05, 4.69) is 15.3 Å². The lowest BCUT2D eigenvalue weighted by molar-refractivity contribution is -0.159. The standard InChI is InChI=1S/C24H27ClN4O5/c1-29(2)7-10-33-22-17(25)11-15-14-3-6-26-13-18(14)27-20(15)21(22)28-23(31)16-12-19(30)34-24(16)4-8-32-9-5-24/h3,6,11,13,16,27H,4-5,7-10,12H2,1-2H3,(H,28,31). The van der Waals surface area contributed by atoms with Crippen LogP contribution in [0.25, 0.3) is 21.8 Å². The number of carbonyl (C=O) groups excluding carboxylic acids is 2. The smallest absolute Gasteiger partial charge is 0.307 e. The van der Waals surface area contributed by atoms with Crippen LogP contribution in [0.1, 0.15) is 19.3 Å². The lowest BCUT2D eigenvalue weighted by Gasteiger charge is -2.35. The molecule has 1 amide bonds. The van der Waals surface area contributed by atoms with E-state index in [9.17, 15) is 9.59 Å². The predicted molar refractivity (Wildman–Crippen MR) is 128 cm³/mol. The average Bonchev–Trinajstić information content (AvgIpc) is 3.33. The first-order chi connectivity index (χ1) is 16.4. The van der Waals surface area contributed by atoms with Crippen LogP contribution in [0.5, 0.6) is 5.75 Å². The molecule has 34 heavy (non-hydrogen) atoms. The topological polar surface area (TPSA) is 106 Å². The molecule has 0 aliphatic carbocycles. The second kappa shape index (κ2) is 9.05. The van der Waals surface area contributed by atoms with E-state index in [0.717, 1.165) is 16.3 Å². The summed E-state index contributed by atoms with van der Waals surface area (Å²) in [6, 6.07) is 3.72. The lowest BCUT2D eigenvalue weighted by atomic mass is 9.80. The predicted octanol–water partition coefficient (Wildman–Crippen LogP) is 3.36. The van der Waals surface area contributed by atoms with Crippen molar-refractivity contribution in [1.82, 2.24) is 14.9 Å². The zero-order valence-electron chi connectivity index (χ0n) is 19.2. The van der Waals surface area contributed by atoms with E-state index >= 15 is 0 Å². The third kappa shape index (κ3) is 4.08. The number of esters is 1. The highest BCUT2D eigenvalue weighted by Gasteiger charge is 2.53. The summed E-state index contributed by atoms with van der Waals surface area (Å²) in [6.45, 7) is 1.96. The largest absolute Gasteiger partial charge is 0.488 e. The van der Waals surface area contributed by atoms with Gasteiger partial charge in [-0.2, -0.15) is 0 Å². The summed E-state index contributed by atoms with van der Waals surface area (Å²) in [5, 5.41) is 5.21. The van der Waals surface area contributed by atoms with Crippen molar-refractivity contribution in [2.45, 2.75) is 24.9 Å². The third-order valence-corrected chi connectivity index (χ3v) is 6.90. The van der Waals surface area contributed by atoms with Crippen molar-refractivity contribution in [1.29, 1.82) is 0 Å². The fourth-order valence-electron chi connectivity index (χ4n) is 4.83. The van der Waals surface area contributed by atoms with Crippen LogP contribution < -0.4 is 10.1 Å². The van der Waals surface area contributed by atoms with Crippen LogP contribution >= 0.6 is 11.6 Å². The molecule has 0 bridgehead atoms. The van der Waals surface area contributed by atoms with Gasteiger partial charge in [-0.25, -0.2) is 0 Å². The van der Waals surface area contributed by atoms with Gasteiger partial charge in [0.15, 0.2) is 5.75 Å². The Bertz CT molecular complexity index is 1250. The van der Waals surface area contributed by atoms with Gasteiger partial charge in [0.05, 0.1) is 47.8 Å². The number of amides is 1. The van der Waals surface area contributed by atoms with Crippen LogP contribution in [0, 0.1) is 5.92 Å². The maximum absolute atomic E-state index is 13.6. The van der Waals surface area contributed by atoms with Crippen molar-refractivity contribution in [3.05, 3.63) is 29.5 Å². The Morgan fingerprint density at radius 2 is 2.15 bits per heavy atom. The molecule has 2 aliphatic heterocycles. The van der Waals surface area contributed by atoms with Crippen molar-refractivity contribution >= 4 is 51.0 Å². The van der Waals surface area contributed by atoms with Crippen molar-refractivity contribution in [2.75, 3.05) is 45.8 Å². The van der Waals surface area contributed by atoms with E-state index in [1.165, 1.54) is 0 Å². The minimum absolute atomic E-state index is 0.0307. The molecule has 2 saturated heterocycles. The van der Waals surface area contributed by atoms with Crippen LogP contribution in [-0.4, -0.2) is 72.8 Å². The number of benzene rings is 1. The molecule has 180 valence electrons. The van der Waals surface area contributed by atoms with E-state index in [-0.39, 0.29) is 18.3 Å². The number of fused-ring (bicyclic) bond motifs is 3. The minimum Gasteiger partial charge on any atom is -0.488 e. The number of H-pyrrole nitrogens is 1. The summed E-state index contributed by atoms with van der Waals surface area (Å²) < 4.78 is 17.2. The van der Waals surface area contributed by atoms with Gasteiger partial charge >= 0.3 is 5.97 Å². The number of aromatic amines is 1. The number of pyridine rings is 1. The number of hydrogen-bond donors (Lipinski definition) is 2. The summed E-state index contributed by atoms with van der Waals surface area (Å²) >= 11 is 6.67. The number of anilines is 1. The monoisotopic (exact) mass is 486 g/mol. The highest BCUT2D eigenvalue weighted by Crippen LogP contribution is 2.45. The highest BCUT2D eigenvalue weighted by atomic mass is 35.5. The van der Waals surface area contributed by atoms with E-state index in [1.807, 2.05) is 31.1 Å². The van der Waals surface area contributed by atoms with Gasteiger partial charge in [-0.3, -0.25) is 14.6 Å². The lowest BCUT2D eigenvalue weighted by Crippen LogP contribution is -2.46. The zero-order chi connectivity index (χ0) is 23.9. The van der Waals surface area contributed by atoms with Gasteiger partial charge in [-0.1, -0.05) is 11.6 Å². The third-order valence-electron chi connectivity index (χ3n) is 6.62. The molecule has 5 rings (SSSR count). The minimum atomic E-state index is -0.840. The van der Waals surface area contributed by atoms with Gasteiger partial charge in [0, 0.05) is 36.4 Å². The summed E-state index contributed by atoms with van der Waals surface area (Å²) in [6.07, 6.45) is 4.45. The first-order valence-electron chi connectivity index (χ1n) is 11.3. The number of aromatic nitrogens is 2. The van der Waals surface area contributed by atoms with Crippen LogP contribution in [-0.2, 0) is 19.1 Å². The van der Waals surface area contributed by atoms with Gasteiger partial charge in [0.2, 0.25) is 5.91 Å². The summed E-state index contributed by atoms with van der Waals surface area (Å²) in [5.74, 6) is -0.906. The quantitative estimate of drug-likeness (QED) is 0.514. The molecule has 2 aliphatic rings. The van der Waals surface area contributed by atoms with Gasteiger partial charge < -0.3 is 29.4 Å². The van der Waals surface area contributed by atoms with Crippen LogP contribution in [0.4, 0.5) is 5.69 Å². The molecule has 1 unspecified atom stereocenters. The van der Waals surface area contributed by atoms with Crippen LogP contribution in [0.15, 0.2) is 24.5 Å². The summed E-state index contributed by atoms with van der Waals surface area (Å²) in [7, 11) is 3.90. The van der Waals surface area contributed by atoms with Crippen molar-refractivity contribution in [3.8, 4) is 5.75 Å². The number of hydrogen-bond acceptors (Lipinski definition) is 7. The molecule has 3 aromatic rings. The Hall–Kier alpha value is -2.88. The van der Waals surface area contributed by atoms with Crippen LogP contribution in [0.2, 0.25) is 5.02 Å². The fraction of sp³-hybridized carbons (Fsp3) is 0.458. The fourth-order valence-corrected chi connectivity index (χ4v) is 5.09. The highest BCUT2D eigenvalue weighted by molar-refractivity contribution is 6.35. The van der Waals surface area contributed by atoms with Crippen molar-refractivity contribution in [2.24, 2.45) is 5.92 Å². The molecular formula is C24H27ClN4O5. The molecule has 2 N–H and O–H groups in total. The van der Waals surface area contributed by atoms with E-state index in [4.69, 9.17) is 25.8 Å². The van der Waals surface area contributed by atoms with Gasteiger partial charge in [0.25, 0.3) is 0 Å². The normalized spacial score (nSPS) is 19.8. The molecule has 2 fully saturated rings. The number of nitrogens with zero attached hydrogens (tertiary/aromatic N) is 2. The van der Waals surface area contributed by atoms with Crippen molar-refractivity contribution < 1.29 is 23.8 Å². The number of rotatable bonds is 6. The summed E-state index contributed by atoms with van der Waals surface area (Å²) in [4.78, 5) is 35.4. The van der Waals surface area contributed by atoms with Gasteiger partial charge in [-0.05, 0) is 26.2 Å². The van der Waals surface area contributed by atoms with Crippen LogP contribution in [0.3, 0.4) is 0 Å². The van der Waals surface area contributed by atoms with E-state index < -0.39 is 11.5 Å². The number of carbonyl (C=O) groups is 2. The maximum Gasteiger partial charge on any atom is 0.307 e. The Morgan fingerprint density at radius 3 is 2.91 bits per heavy atom. The molecule has 2 aromatic heterocycles. The summed E-state index contributed by atoms with van der Waals surface area (Å²) in [5.41, 5.74) is 1.11. The maximum atomic E-state index is 13.6.